The second kappa shape index (κ2) is 10.8. The van der Waals surface area contributed by atoms with Crippen LogP contribution in [0, 0.1) is 6.92 Å². The molecule has 0 radical (unpaired) electrons. The van der Waals surface area contributed by atoms with Crippen molar-refractivity contribution in [3.05, 3.63) is 108 Å². The van der Waals surface area contributed by atoms with Gasteiger partial charge in [0.15, 0.2) is 0 Å². The summed E-state index contributed by atoms with van der Waals surface area (Å²) < 4.78 is 5.35. The van der Waals surface area contributed by atoms with Crippen molar-refractivity contribution in [1.82, 2.24) is 4.98 Å². The number of ether oxygens (including phenoxy) is 1. The molecule has 0 aliphatic carbocycles. The maximum Gasteiger partial charge on any atom is 0.252 e. The molecule has 0 unspecified atom stereocenters. The van der Waals surface area contributed by atoms with Crippen LogP contribution in [0.3, 0.4) is 0 Å². The summed E-state index contributed by atoms with van der Waals surface area (Å²) in [6.45, 7) is 2.00. The number of pyridine rings is 1. The van der Waals surface area contributed by atoms with E-state index in [1.54, 1.807) is 18.9 Å². The number of rotatable bonds is 8. The van der Waals surface area contributed by atoms with Crippen molar-refractivity contribution < 1.29 is 14.3 Å². The predicted molar refractivity (Wildman–Crippen MR) is 153 cm³/mol. The first-order valence-corrected chi connectivity index (χ1v) is 12.7. The molecule has 3 N–H and O–H groups in total. The fourth-order valence-electron chi connectivity index (χ4n) is 4.30. The third-order valence-electron chi connectivity index (χ3n) is 6.19. The number of nitrogens with two attached hydrogens (primary N) is 1. The number of methoxy groups -OCH3 is 1. The maximum atomic E-state index is 12.3. The summed E-state index contributed by atoms with van der Waals surface area (Å²) >= 11 is 1.62. The van der Waals surface area contributed by atoms with Gasteiger partial charge >= 0.3 is 0 Å². The number of carbonyl (C=O) groups excluding carboxylic acids is 2. The molecule has 1 amide bonds. The minimum absolute atomic E-state index is 0.308. The number of nitrogens with zero attached hydrogens (tertiary/aromatic N) is 1. The van der Waals surface area contributed by atoms with Gasteiger partial charge in [0.1, 0.15) is 12.0 Å². The van der Waals surface area contributed by atoms with E-state index in [2.05, 4.69) is 28.5 Å². The zero-order chi connectivity index (χ0) is 26.6. The first-order valence-electron chi connectivity index (χ1n) is 11.9. The summed E-state index contributed by atoms with van der Waals surface area (Å²) in [5.74, 6) is 0.135. The molecule has 0 atom stereocenters. The lowest BCUT2D eigenvalue weighted by molar-refractivity contribution is 0.100. The molecule has 7 heteroatoms. The van der Waals surface area contributed by atoms with E-state index in [1.807, 2.05) is 73.7 Å². The van der Waals surface area contributed by atoms with E-state index in [4.69, 9.17) is 10.5 Å². The summed E-state index contributed by atoms with van der Waals surface area (Å²) in [5.41, 5.74) is 11.9. The second-order valence-corrected chi connectivity index (χ2v) is 9.92. The highest BCUT2D eigenvalue weighted by Crippen LogP contribution is 2.37. The molecule has 38 heavy (non-hydrogen) atoms. The standard InChI is InChI=1S/C31H25N3O3S/c1-19-13-26(38-25-8-3-5-22(14-25)21-11-9-20(18-35)10-12-21)16-27-29(19)33-17-28(31(32)36)30(27)34-23-6-4-7-24(15-23)37-2/h3-18H,1-2H3,(H2,32,36)(H,33,34). The van der Waals surface area contributed by atoms with Crippen molar-refractivity contribution in [1.29, 1.82) is 0 Å². The quantitative estimate of drug-likeness (QED) is 0.214. The third-order valence-corrected chi connectivity index (χ3v) is 7.15. The lowest BCUT2D eigenvalue weighted by Crippen LogP contribution is -2.14. The highest BCUT2D eigenvalue weighted by molar-refractivity contribution is 7.99. The number of carbonyl (C=O) groups is 2. The molecule has 6 nitrogen and oxygen atoms in total. The fourth-order valence-corrected chi connectivity index (χ4v) is 5.32. The minimum atomic E-state index is -0.561. The van der Waals surface area contributed by atoms with E-state index < -0.39 is 5.91 Å². The molecular weight excluding hydrogens is 494 g/mol. The molecule has 5 rings (SSSR count). The first-order chi connectivity index (χ1) is 18.4. The Morgan fingerprint density at radius 1 is 0.947 bits per heavy atom. The van der Waals surface area contributed by atoms with Crippen LogP contribution in [-0.2, 0) is 0 Å². The number of hydrogen-bond acceptors (Lipinski definition) is 6. The minimum Gasteiger partial charge on any atom is -0.497 e. The van der Waals surface area contributed by atoms with Crippen molar-refractivity contribution in [2.75, 3.05) is 12.4 Å². The number of aryl methyl sites for hydroxylation is 1. The van der Waals surface area contributed by atoms with Gasteiger partial charge in [-0.2, -0.15) is 0 Å². The molecular formula is C31H25N3O3S. The largest absolute Gasteiger partial charge is 0.497 e. The molecule has 0 spiro atoms. The molecule has 0 saturated heterocycles. The number of hydrogen-bond donors (Lipinski definition) is 2. The van der Waals surface area contributed by atoms with Crippen molar-refractivity contribution in [2.24, 2.45) is 5.73 Å². The van der Waals surface area contributed by atoms with Crippen molar-refractivity contribution in [3.63, 3.8) is 0 Å². The van der Waals surface area contributed by atoms with Crippen molar-refractivity contribution in [2.45, 2.75) is 16.7 Å². The predicted octanol–water partition coefficient (Wildman–Crippen LogP) is 7.03. The van der Waals surface area contributed by atoms with Crippen LogP contribution in [0.25, 0.3) is 22.0 Å². The fraction of sp³-hybridized carbons (Fsp3) is 0.0645. The SMILES string of the molecule is COc1cccc(Nc2c(C(N)=O)cnc3c(C)cc(Sc4cccc(-c5ccc(C=O)cc5)c4)cc23)c1. The number of fused-ring (bicyclic) bond motifs is 1. The highest BCUT2D eigenvalue weighted by Gasteiger charge is 2.16. The summed E-state index contributed by atoms with van der Waals surface area (Å²) in [6.07, 6.45) is 2.36. The van der Waals surface area contributed by atoms with E-state index >= 15 is 0 Å². The van der Waals surface area contributed by atoms with Crippen LogP contribution in [0.4, 0.5) is 11.4 Å². The molecule has 0 fully saturated rings. The molecule has 5 aromatic rings. The van der Waals surface area contributed by atoms with Crippen LogP contribution in [0.1, 0.15) is 26.3 Å². The van der Waals surface area contributed by atoms with Gasteiger partial charge in [0.25, 0.3) is 5.91 Å². The van der Waals surface area contributed by atoms with Gasteiger partial charge in [-0.25, -0.2) is 0 Å². The Kier molecular flexibility index (Phi) is 7.11. The normalized spacial score (nSPS) is 10.8. The van der Waals surface area contributed by atoms with Crippen LogP contribution in [-0.4, -0.2) is 24.3 Å². The van der Waals surface area contributed by atoms with Gasteiger partial charge in [0.2, 0.25) is 0 Å². The molecule has 4 aromatic carbocycles. The molecule has 0 bridgehead atoms. The average molecular weight is 520 g/mol. The van der Waals surface area contributed by atoms with Gasteiger partial charge in [-0.05, 0) is 60.0 Å². The summed E-state index contributed by atoms with van der Waals surface area (Å²) in [6, 6.07) is 27.4. The number of benzene rings is 4. The van der Waals surface area contributed by atoms with Gasteiger partial charge in [-0.15, -0.1) is 0 Å². The second-order valence-electron chi connectivity index (χ2n) is 8.77. The van der Waals surface area contributed by atoms with E-state index in [-0.39, 0.29) is 0 Å². The Bertz CT molecular complexity index is 1670. The average Bonchev–Trinajstić information content (AvgIpc) is 2.93. The number of primary amides is 1. The van der Waals surface area contributed by atoms with Crippen LogP contribution >= 0.6 is 11.8 Å². The van der Waals surface area contributed by atoms with E-state index in [0.717, 1.165) is 49.4 Å². The number of anilines is 2. The Morgan fingerprint density at radius 2 is 1.74 bits per heavy atom. The van der Waals surface area contributed by atoms with Crippen LogP contribution in [0.2, 0.25) is 0 Å². The summed E-state index contributed by atoms with van der Waals surface area (Å²) in [7, 11) is 1.61. The Morgan fingerprint density at radius 3 is 2.47 bits per heavy atom. The monoisotopic (exact) mass is 519 g/mol. The molecule has 1 aromatic heterocycles. The molecule has 0 aliphatic rings. The third kappa shape index (κ3) is 5.23. The van der Waals surface area contributed by atoms with Crippen LogP contribution < -0.4 is 15.8 Å². The van der Waals surface area contributed by atoms with Crippen molar-refractivity contribution >= 4 is 46.2 Å². The van der Waals surface area contributed by atoms with Gasteiger partial charge in [-0.1, -0.05) is 54.2 Å². The Balaban J connectivity index is 1.55. The van der Waals surface area contributed by atoms with Gasteiger partial charge in [0, 0.05) is 38.7 Å². The van der Waals surface area contributed by atoms with Crippen LogP contribution in [0.15, 0.2) is 101 Å². The molecule has 1 heterocycles. The first kappa shape index (κ1) is 25.0. The number of nitrogens with one attached hydrogen (secondary N) is 1. The molecule has 0 aliphatic heterocycles. The summed E-state index contributed by atoms with van der Waals surface area (Å²) in [4.78, 5) is 30.0. The zero-order valence-electron chi connectivity index (χ0n) is 20.9. The number of aromatic nitrogens is 1. The zero-order valence-corrected chi connectivity index (χ0v) is 21.7. The Labute approximate surface area is 224 Å². The maximum absolute atomic E-state index is 12.3. The van der Waals surface area contributed by atoms with E-state index in [9.17, 15) is 9.59 Å². The number of amides is 1. The summed E-state index contributed by atoms with van der Waals surface area (Å²) in [5, 5.41) is 4.17. The smallest absolute Gasteiger partial charge is 0.252 e. The van der Waals surface area contributed by atoms with Crippen molar-refractivity contribution in [3.8, 4) is 16.9 Å². The number of aldehydes is 1. The van der Waals surface area contributed by atoms with E-state index in [1.165, 1.54) is 6.20 Å². The Hall–Kier alpha value is -4.62. The molecule has 0 saturated carbocycles. The van der Waals surface area contributed by atoms with Gasteiger partial charge in [0.05, 0.1) is 23.9 Å². The lowest BCUT2D eigenvalue weighted by atomic mass is 10.0. The topological polar surface area (TPSA) is 94.3 Å². The van der Waals surface area contributed by atoms with Gasteiger partial charge < -0.3 is 15.8 Å². The van der Waals surface area contributed by atoms with E-state index in [0.29, 0.717) is 22.6 Å². The van der Waals surface area contributed by atoms with Gasteiger partial charge in [-0.3, -0.25) is 14.6 Å². The van der Waals surface area contributed by atoms with Crippen LogP contribution in [0.5, 0.6) is 5.75 Å². The lowest BCUT2D eigenvalue weighted by Gasteiger charge is -2.16. The highest BCUT2D eigenvalue weighted by atomic mass is 32.2. The molecule has 188 valence electrons.